The molecule has 0 radical (unpaired) electrons. The summed E-state index contributed by atoms with van der Waals surface area (Å²) in [6.45, 7) is 10.6. The smallest absolute Gasteiger partial charge is 0.246 e. The number of piperidine rings is 2. The van der Waals surface area contributed by atoms with Crippen molar-refractivity contribution >= 4 is 15.9 Å². The van der Waals surface area contributed by atoms with Gasteiger partial charge in [-0.1, -0.05) is 20.3 Å². The van der Waals surface area contributed by atoms with Gasteiger partial charge in [0.2, 0.25) is 15.9 Å². The predicted molar refractivity (Wildman–Crippen MR) is 104 cm³/mol. The number of aryl methyl sites for hydroxylation is 1. The Morgan fingerprint density at radius 3 is 2.26 bits per heavy atom. The van der Waals surface area contributed by atoms with E-state index in [1.807, 2.05) is 4.90 Å². The molecule has 27 heavy (non-hydrogen) atoms. The van der Waals surface area contributed by atoms with E-state index in [-0.39, 0.29) is 17.3 Å². The average Bonchev–Trinajstić information content (AvgIpc) is 2.89. The highest BCUT2D eigenvalue weighted by Gasteiger charge is 2.33. The number of likely N-dealkylation sites (tertiary alicyclic amines) is 1. The minimum Gasteiger partial charge on any atom is -0.341 e. The first kappa shape index (κ1) is 20.3. The largest absolute Gasteiger partial charge is 0.341 e. The number of hydrogen-bond donors (Lipinski definition) is 0. The van der Waals surface area contributed by atoms with E-state index in [1.165, 1.54) is 0 Å². The van der Waals surface area contributed by atoms with Crippen molar-refractivity contribution in [2.45, 2.75) is 64.8 Å². The minimum absolute atomic E-state index is 0.0147. The summed E-state index contributed by atoms with van der Waals surface area (Å²) in [5.74, 6) is 1.00. The van der Waals surface area contributed by atoms with Gasteiger partial charge in [-0.2, -0.15) is 9.40 Å². The number of hydrogen-bond acceptors (Lipinski definition) is 4. The Kier molecular flexibility index (Phi) is 5.96. The molecule has 0 aliphatic carbocycles. The van der Waals surface area contributed by atoms with Crippen LogP contribution in [0.1, 0.15) is 50.9 Å². The molecule has 0 bridgehead atoms. The molecule has 0 spiro atoms. The van der Waals surface area contributed by atoms with Crippen LogP contribution in [-0.2, 0) is 21.4 Å². The third kappa shape index (κ3) is 4.21. The summed E-state index contributed by atoms with van der Waals surface area (Å²) < 4.78 is 29.3. The summed E-state index contributed by atoms with van der Waals surface area (Å²) in [5.41, 5.74) is 1.04. The highest BCUT2D eigenvalue weighted by molar-refractivity contribution is 7.89. The van der Waals surface area contributed by atoms with E-state index in [0.717, 1.165) is 38.8 Å². The van der Waals surface area contributed by atoms with Crippen molar-refractivity contribution in [2.75, 3.05) is 26.2 Å². The molecule has 0 aromatic carbocycles. The van der Waals surface area contributed by atoms with Gasteiger partial charge in [-0.15, -0.1) is 0 Å². The van der Waals surface area contributed by atoms with Crippen LogP contribution in [0.2, 0.25) is 0 Å². The third-order valence-electron chi connectivity index (χ3n) is 5.73. The van der Waals surface area contributed by atoms with Crippen molar-refractivity contribution in [3.05, 3.63) is 11.4 Å². The molecule has 0 saturated carbocycles. The molecule has 1 amide bonds. The van der Waals surface area contributed by atoms with E-state index >= 15 is 0 Å². The average molecular weight is 397 g/mol. The van der Waals surface area contributed by atoms with E-state index < -0.39 is 10.0 Å². The second-order valence-electron chi connectivity index (χ2n) is 8.37. The highest BCUT2D eigenvalue weighted by atomic mass is 32.2. The molecule has 0 N–H and O–H groups in total. The van der Waals surface area contributed by atoms with Crippen LogP contribution in [0.4, 0.5) is 0 Å². The lowest BCUT2D eigenvalue weighted by atomic mass is 9.92. The van der Waals surface area contributed by atoms with Gasteiger partial charge in [0.05, 0.1) is 11.4 Å². The Labute approximate surface area is 162 Å². The van der Waals surface area contributed by atoms with Crippen molar-refractivity contribution in [3.63, 3.8) is 0 Å². The fourth-order valence-corrected chi connectivity index (χ4v) is 6.43. The van der Waals surface area contributed by atoms with Gasteiger partial charge in [-0.25, -0.2) is 8.42 Å². The number of nitrogens with zero attached hydrogens (tertiary/aromatic N) is 4. The first-order chi connectivity index (χ1) is 12.7. The van der Waals surface area contributed by atoms with Gasteiger partial charge in [0, 0.05) is 26.2 Å². The molecule has 3 rings (SSSR count). The Morgan fingerprint density at radius 2 is 1.67 bits per heavy atom. The molecule has 152 valence electrons. The molecule has 2 aliphatic heterocycles. The van der Waals surface area contributed by atoms with Gasteiger partial charge >= 0.3 is 0 Å². The Hall–Kier alpha value is -1.41. The lowest BCUT2D eigenvalue weighted by Crippen LogP contribution is -2.44. The molecular weight excluding hydrogens is 364 g/mol. The zero-order valence-electron chi connectivity index (χ0n) is 16.9. The SMILES string of the molecule is Cc1nn(CC(=O)N2CC(C)CC(C)C2)c(C)c1S(=O)(=O)N1CCCCC1. The number of rotatable bonds is 4. The molecular formula is C19H32N4O3S. The maximum absolute atomic E-state index is 13.1. The van der Waals surface area contributed by atoms with Gasteiger partial charge in [0.25, 0.3) is 0 Å². The second kappa shape index (κ2) is 7.91. The molecule has 2 atom stereocenters. The number of amides is 1. The summed E-state index contributed by atoms with van der Waals surface area (Å²) in [5, 5.41) is 4.41. The number of carbonyl (C=O) groups excluding carboxylic acids is 1. The van der Waals surface area contributed by atoms with E-state index in [4.69, 9.17) is 0 Å². The molecule has 2 saturated heterocycles. The highest BCUT2D eigenvalue weighted by Crippen LogP contribution is 2.26. The number of aromatic nitrogens is 2. The molecule has 2 unspecified atom stereocenters. The molecule has 8 heteroatoms. The standard InChI is InChI=1S/C19H32N4O3S/c1-14-10-15(2)12-21(11-14)18(24)13-23-17(4)19(16(3)20-23)27(25,26)22-8-6-5-7-9-22/h14-15H,5-13H2,1-4H3. The van der Waals surface area contributed by atoms with Crippen LogP contribution in [0, 0.1) is 25.7 Å². The van der Waals surface area contributed by atoms with Crippen LogP contribution in [-0.4, -0.2) is 59.5 Å². The van der Waals surface area contributed by atoms with Crippen LogP contribution in [0.5, 0.6) is 0 Å². The first-order valence-electron chi connectivity index (χ1n) is 10.0. The maximum Gasteiger partial charge on any atom is 0.246 e. The van der Waals surface area contributed by atoms with E-state index in [0.29, 0.717) is 36.3 Å². The van der Waals surface area contributed by atoms with Gasteiger partial charge in [-0.3, -0.25) is 9.48 Å². The fourth-order valence-electron chi connectivity index (χ4n) is 4.54. The van der Waals surface area contributed by atoms with Crippen LogP contribution in [0.3, 0.4) is 0 Å². The van der Waals surface area contributed by atoms with E-state index in [9.17, 15) is 13.2 Å². The second-order valence-corrected chi connectivity index (χ2v) is 10.2. The van der Waals surface area contributed by atoms with Crippen LogP contribution in [0.15, 0.2) is 4.90 Å². The Morgan fingerprint density at radius 1 is 1.07 bits per heavy atom. The van der Waals surface area contributed by atoms with Gasteiger partial charge < -0.3 is 4.90 Å². The summed E-state index contributed by atoms with van der Waals surface area (Å²) in [4.78, 5) is 15.0. The van der Waals surface area contributed by atoms with Crippen LogP contribution >= 0.6 is 0 Å². The molecule has 1 aromatic heterocycles. The molecule has 3 heterocycles. The predicted octanol–water partition coefficient (Wildman–Crippen LogP) is 2.18. The van der Waals surface area contributed by atoms with E-state index in [2.05, 4.69) is 18.9 Å². The number of sulfonamides is 1. The van der Waals surface area contributed by atoms with Crippen LogP contribution < -0.4 is 0 Å². The Bertz CT molecular complexity index is 786. The summed E-state index contributed by atoms with van der Waals surface area (Å²) in [6.07, 6.45) is 4.01. The van der Waals surface area contributed by atoms with Crippen molar-refractivity contribution in [1.29, 1.82) is 0 Å². The maximum atomic E-state index is 13.1. The summed E-state index contributed by atoms with van der Waals surface area (Å²) in [7, 11) is -3.56. The van der Waals surface area contributed by atoms with Crippen molar-refractivity contribution in [3.8, 4) is 0 Å². The van der Waals surface area contributed by atoms with Crippen molar-refractivity contribution < 1.29 is 13.2 Å². The lowest BCUT2D eigenvalue weighted by molar-refractivity contribution is -0.134. The van der Waals surface area contributed by atoms with Crippen LogP contribution in [0.25, 0.3) is 0 Å². The quantitative estimate of drug-likeness (QED) is 0.782. The normalized spacial score (nSPS) is 25.0. The Balaban J connectivity index is 1.80. The molecule has 2 aliphatic rings. The van der Waals surface area contributed by atoms with Gasteiger partial charge in [-0.05, 0) is 44.9 Å². The number of carbonyl (C=O) groups is 1. The zero-order valence-corrected chi connectivity index (χ0v) is 17.8. The summed E-state index contributed by atoms with van der Waals surface area (Å²) in [6, 6.07) is 0. The van der Waals surface area contributed by atoms with Crippen molar-refractivity contribution in [2.24, 2.45) is 11.8 Å². The zero-order chi connectivity index (χ0) is 19.8. The van der Waals surface area contributed by atoms with Crippen molar-refractivity contribution in [1.82, 2.24) is 19.0 Å². The van der Waals surface area contributed by atoms with Gasteiger partial charge in [0.1, 0.15) is 11.4 Å². The molecule has 1 aromatic rings. The summed E-state index contributed by atoms with van der Waals surface area (Å²) >= 11 is 0. The molecule has 2 fully saturated rings. The van der Waals surface area contributed by atoms with E-state index in [1.54, 1.807) is 22.8 Å². The fraction of sp³-hybridized carbons (Fsp3) is 0.789. The van der Waals surface area contributed by atoms with Gasteiger partial charge in [0.15, 0.2) is 0 Å². The topological polar surface area (TPSA) is 75.5 Å². The first-order valence-corrected chi connectivity index (χ1v) is 11.5. The lowest BCUT2D eigenvalue weighted by Gasteiger charge is -2.35. The minimum atomic E-state index is -3.56. The third-order valence-corrected chi connectivity index (χ3v) is 7.89. The monoisotopic (exact) mass is 396 g/mol. The molecule has 7 nitrogen and oxygen atoms in total.